The number of carbonyl (C=O) groups excluding carboxylic acids is 1. The third-order valence-corrected chi connectivity index (χ3v) is 5.04. The zero-order valence-corrected chi connectivity index (χ0v) is 16.4. The molecule has 0 radical (unpaired) electrons. The van der Waals surface area contributed by atoms with Crippen LogP contribution in [0.1, 0.15) is 16.7 Å². The van der Waals surface area contributed by atoms with Gasteiger partial charge in [0.25, 0.3) is 0 Å². The van der Waals surface area contributed by atoms with E-state index < -0.39 is 0 Å². The van der Waals surface area contributed by atoms with E-state index in [0.717, 1.165) is 27.6 Å². The number of hydrogen-bond acceptors (Lipinski definition) is 2. The molecular weight excluding hydrogens is 358 g/mol. The molecule has 1 heterocycles. The first-order valence-electron chi connectivity index (χ1n) is 9.68. The van der Waals surface area contributed by atoms with Gasteiger partial charge in [-0.1, -0.05) is 66.7 Å². The molecule has 0 aliphatic heterocycles. The van der Waals surface area contributed by atoms with Gasteiger partial charge in [0.05, 0.1) is 5.69 Å². The molecule has 1 aromatic heterocycles. The number of nitrogens with one attached hydrogen (secondary N) is 1. The highest BCUT2D eigenvalue weighted by atomic mass is 16.2. The van der Waals surface area contributed by atoms with Crippen LogP contribution >= 0.6 is 0 Å². The normalized spacial score (nSPS) is 10.7. The van der Waals surface area contributed by atoms with Crippen LogP contribution < -0.4 is 5.32 Å². The first-order valence-corrected chi connectivity index (χ1v) is 9.68. The molecule has 4 aromatic rings. The Labute approximate surface area is 170 Å². The van der Waals surface area contributed by atoms with Crippen molar-refractivity contribution in [1.82, 2.24) is 9.88 Å². The lowest BCUT2D eigenvalue weighted by molar-refractivity contribution is 0.206. The highest BCUT2D eigenvalue weighted by Gasteiger charge is 2.17. The molecule has 2 amide bonds. The highest BCUT2D eigenvalue weighted by Crippen LogP contribution is 2.24. The van der Waals surface area contributed by atoms with Crippen LogP contribution in [-0.4, -0.2) is 15.9 Å². The summed E-state index contributed by atoms with van der Waals surface area (Å²) in [5.74, 6) is 0. The number of urea groups is 1. The fourth-order valence-electron chi connectivity index (χ4n) is 3.43. The second-order valence-electron chi connectivity index (χ2n) is 7.10. The van der Waals surface area contributed by atoms with Crippen molar-refractivity contribution in [3.05, 3.63) is 108 Å². The molecule has 29 heavy (non-hydrogen) atoms. The summed E-state index contributed by atoms with van der Waals surface area (Å²) in [5.41, 5.74) is 4.11. The van der Waals surface area contributed by atoms with Gasteiger partial charge < -0.3 is 10.2 Å². The molecule has 0 unspecified atom stereocenters. The summed E-state index contributed by atoms with van der Waals surface area (Å²) in [5, 5.41) is 5.24. The number of carbonyl (C=O) groups is 1. The van der Waals surface area contributed by atoms with E-state index >= 15 is 0 Å². The molecule has 1 N–H and O–H groups in total. The Kier molecular flexibility index (Phi) is 5.52. The molecule has 0 atom stereocenters. The van der Waals surface area contributed by atoms with Crippen LogP contribution in [0.2, 0.25) is 0 Å². The van der Waals surface area contributed by atoms with Gasteiger partial charge in [-0.25, -0.2) is 4.79 Å². The summed E-state index contributed by atoms with van der Waals surface area (Å²) in [6.45, 7) is 3.08. The zero-order chi connectivity index (χ0) is 20.1. The van der Waals surface area contributed by atoms with Gasteiger partial charge in [0.2, 0.25) is 0 Å². The Hall–Kier alpha value is -3.66. The Morgan fingerprint density at radius 1 is 0.897 bits per heavy atom. The van der Waals surface area contributed by atoms with Crippen molar-refractivity contribution < 1.29 is 4.79 Å². The minimum absolute atomic E-state index is 0.131. The predicted molar refractivity (Wildman–Crippen MR) is 118 cm³/mol. The van der Waals surface area contributed by atoms with E-state index in [1.807, 2.05) is 71.6 Å². The summed E-state index contributed by atoms with van der Waals surface area (Å²) in [4.78, 5) is 19.3. The molecule has 4 rings (SSSR count). The van der Waals surface area contributed by atoms with Gasteiger partial charge in [-0.15, -0.1) is 0 Å². The Morgan fingerprint density at radius 3 is 2.52 bits per heavy atom. The number of fused-ring (bicyclic) bond motifs is 1. The molecule has 3 aromatic carbocycles. The van der Waals surface area contributed by atoms with Gasteiger partial charge in [-0.2, -0.15) is 0 Å². The number of rotatable bonds is 5. The van der Waals surface area contributed by atoms with Crippen molar-refractivity contribution >= 4 is 22.5 Å². The van der Waals surface area contributed by atoms with Crippen molar-refractivity contribution in [2.45, 2.75) is 20.0 Å². The smallest absolute Gasteiger partial charge is 0.316 e. The molecular formula is C25H23N3O. The molecule has 0 aliphatic carbocycles. The molecule has 0 saturated carbocycles. The van der Waals surface area contributed by atoms with E-state index in [0.29, 0.717) is 13.1 Å². The SMILES string of the molecule is Cc1ccccc1CN(Cc1cccnc1)C(=O)Nc1cccc2ccccc12. The average Bonchev–Trinajstić information content (AvgIpc) is 2.76. The van der Waals surface area contributed by atoms with Crippen LogP contribution in [0.4, 0.5) is 10.5 Å². The lowest BCUT2D eigenvalue weighted by Crippen LogP contribution is -2.34. The van der Waals surface area contributed by atoms with E-state index in [4.69, 9.17) is 0 Å². The molecule has 0 aliphatic rings. The molecule has 0 fully saturated rings. The summed E-state index contributed by atoms with van der Waals surface area (Å²) < 4.78 is 0. The van der Waals surface area contributed by atoms with Crippen molar-refractivity contribution in [2.75, 3.05) is 5.32 Å². The third kappa shape index (κ3) is 4.43. The Morgan fingerprint density at radius 2 is 1.69 bits per heavy atom. The van der Waals surface area contributed by atoms with Crippen molar-refractivity contribution in [1.29, 1.82) is 0 Å². The van der Waals surface area contributed by atoms with Crippen molar-refractivity contribution in [3.8, 4) is 0 Å². The third-order valence-electron chi connectivity index (χ3n) is 5.04. The van der Waals surface area contributed by atoms with E-state index in [1.54, 1.807) is 12.4 Å². The van der Waals surface area contributed by atoms with Crippen LogP contribution in [0.3, 0.4) is 0 Å². The van der Waals surface area contributed by atoms with E-state index in [-0.39, 0.29) is 6.03 Å². The van der Waals surface area contributed by atoms with E-state index in [2.05, 4.69) is 29.4 Å². The maximum absolute atomic E-state index is 13.3. The predicted octanol–water partition coefficient (Wildman–Crippen LogP) is 5.78. The van der Waals surface area contributed by atoms with Crippen LogP contribution in [-0.2, 0) is 13.1 Å². The molecule has 4 nitrogen and oxygen atoms in total. The number of benzene rings is 3. The summed E-state index contributed by atoms with van der Waals surface area (Å²) >= 11 is 0. The van der Waals surface area contributed by atoms with Gasteiger partial charge in [0.1, 0.15) is 0 Å². The minimum atomic E-state index is -0.131. The number of aromatic nitrogens is 1. The highest BCUT2D eigenvalue weighted by molar-refractivity contribution is 6.01. The molecule has 0 spiro atoms. The number of amides is 2. The first kappa shape index (κ1) is 18.7. The fourth-order valence-corrected chi connectivity index (χ4v) is 3.43. The maximum atomic E-state index is 13.3. The monoisotopic (exact) mass is 381 g/mol. The van der Waals surface area contributed by atoms with Gasteiger partial charge in [-0.05, 0) is 41.1 Å². The lowest BCUT2D eigenvalue weighted by atomic mass is 10.1. The number of aryl methyl sites for hydroxylation is 1. The number of pyridine rings is 1. The fraction of sp³-hybridized carbons (Fsp3) is 0.120. The largest absolute Gasteiger partial charge is 0.322 e. The van der Waals surface area contributed by atoms with Crippen LogP contribution in [0.5, 0.6) is 0 Å². The Balaban J connectivity index is 1.62. The Bertz CT molecular complexity index is 1120. The number of hydrogen-bond donors (Lipinski definition) is 1. The summed E-state index contributed by atoms with van der Waals surface area (Å²) in [7, 11) is 0. The molecule has 0 bridgehead atoms. The van der Waals surface area contributed by atoms with Gasteiger partial charge >= 0.3 is 6.03 Å². The minimum Gasteiger partial charge on any atom is -0.316 e. The van der Waals surface area contributed by atoms with Crippen molar-refractivity contribution in [3.63, 3.8) is 0 Å². The average molecular weight is 381 g/mol. The van der Waals surface area contributed by atoms with Crippen molar-refractivity contribution in [2.24, 2.45) is 0 Å². The zero-order valence-electron chi connectivity index (χ0n) is 16.4. The van der Waals surface area contributed by atoms with Crippen LogP contribution in [0.15, 0.2) is 91.3 Å². The first-order chi connectivity index (χ1) is 14.2. The molecule has 4 heteroatoms. The number of anilines is 1. The quantitative estimate of drug-likeness (QED) is 0.476. The van der Waals surface area contributed by atoms with E-state index in [9.17, 15) is 4.79 Å². The van der Waals surface area contributed by atoms with Crippen LogP contribution in [0, 0.1) is 6.92 Å². The maximum Gasteiger partial charge on any atom is 0.322 e. The second-order valence-corrected chi connectivity index (χ2v) is 7.10. The summed E-state index contributed by atoms with van der Waals surface area (Å²) in [6.07, 6.45) is 3.54. The molecule has 0 saturated heterocycles. The van der Waals surface area contributed by atoms with Gasteiger partial charge in [-0.3, -0.25) is 4.98 Å². The molecule has 144 valence electrons. The van der Waals surface area contributed by atoms with E-state index in [1.165, 1.54) is 5.56 Å². The van der Waals surface area contributed by atoms with Crippen LogP contribution in [0.25, 0.3) is 10.8 Å². The second kappa shape index (κ2) is 8.57. The number of nitrogens with zero attached hydrogens (tertiary/aromatic N) is 2. The lowest BCUT2D eigenvalue weighted by Gasteiger charge is -2.24. The van der Waals surface area contributed by atoms with Gasteiger partial charge in [0, 0.05) is 30.9 Å². The standard InChI is InChI=1S/C25H23N3O/c1-19-8-2-3-11-22(19)18-28(17-20-9-7-15-26-16-20)25(29)27-24-14-6-12-21-10-4-5-13-23(21)24/h2-16H,17-18H2,1H3,(H,27,29). The summed E-state index contributed by atoms with van der Waals surface area (Å²) in [6, 6.07) is 25.9. The topological polar surface area (TPSA) is 45.2 Å². The van der Waals surface area contributed by atoms with Gasteiger partial charge in [0.15, 0.2) is 0 Å².